The van der Waals surface area contributed by atoms with Crippen LogP contribution in [0.15, 0.2) is 40.8 Å². The van der Waals surface area contributed by atoms with Crippen molar-refractivity contribution in [2.24, 2.45) is 0 Å². The lowest BCUT2D eigenvalue weighted by Gasteiger charge is -2.16. The Morgan fingerprint density at radius 2 is 1.83 bits per heavy atom. The number of carbonyl (C=O) groups excluding carboxylic acids is 1. The van der Waals surface area contributed by atoms with Crippen LogP contribution in [0.3, 0.4) is 0 Å². The largest absolute Gasteiger partial charge is 0.433 e. The molecule has 0 aliphatic rings. The lowest BCUT2D eigenvalue weighted by molar-refractivity contribution is -0.402. The van der Waals surface area contributed by atoms with Crippen LogP contribution in [0.25, 0.3) is 0 Å². The summed E-state index contributed by atoms with van der Waals surface area (Å²) in [7, 11) is 1.41. The van der Waals surface area contributed by atoms with Gasteiger partial charge in [-0.2, -0.15) is 13.2 Å². The molecule has 6 nitrogen and oxygen atoms in total. The van der Waals surface area contributed by atoms with E-state index >= 15 is 0 Å². The molecular weight excluding hydrogens is 317 g/mol. The van der Waals surface area contributed by atoms with Crippen LogP contribution in [0.4, 0.5) is 19.1 Å². The summed E-state index contributed by atoms with van der Waals surface area (Å²) in [4.78, 5) is 23.0. The zero-order valence-electron chi connectivity index (χ0n) is 11.8. The first kappa shape index (κ1) is 16.5. The number of rotatable bonds is 4. The third-order valence-corrected chi connectivity index (χ3v) is 3.03. The predicted molar refractivity (Wildman–Crippen MR) is 72.6 cm³/mol. The third-order valence-electron chi connectivity index (χ3n) is 3.03. The molecule has 23 heavy (non-hydrogen) atoms. The van der Waals surface area contributed by atoms with Crippen LogP contribution >= 0.6 is 0 Å². The molecule has 9 heteroatoms. The number of amides is 1. The van der Waals surface area contributed by atoms with E-state index in [1.165, 1.54) is 30.1 Å². The summed E-state index contributed by atoms with van der Waals surface area (Å²) >= 11 is 0. The topological polar surface area (TPSA) is 76.6 Å². The number of benzene rings is 1. The van der Waals surface area contributed by atoms with Gasteiger partial charge in [-0.15, -0.1) is 0 Å². The fraction of sp³-hybridized carbons (Fsp3) is 0.214. The molecule has 0 saturated carbocycles. The molecule has 0 aliphatic carbocycles. The summed E-state index contributed by atoms with van der Waals surface area (Å²) in [6.07, 6.45) is -4.42. The van der Waals surface area contributed by atoms with Gasteiger partial charge < -0.3 is 9.32 Å². The van der Waals surface area contributed by atoms with Gasteiger partial charge in [-0.25, -0.2) is 0 Å². The highest BCUT2D eigenvalue weighted by atomic mass is 19.4. The van der Waals surface area contributed by atoms with Crippen molar-refractivity contribution >= 4 is 11.8 Å². The van der Waals surface area contributed by atoms with Crippen molar-refractivity contribution in [1.82, 2.24) is 4.90 Å². The van der Waals surface area contributed by atoms with Crippen LogP contribution in [0.2, 0.25) is 0 Å². The summed E-state index contributed by atoms with van der Waals surface area (Å²) in [5.41, 5.74) is -0.299. The van der Waals surface area contributed by atoms with E-state index in [4.69, 9.17) is 4.42 Å². The number of hydrogen-bond donors (Lipinski definition) is 0. The highest BCUT2D eigenvalue weighted by Crippen LogP contribution is 2.29. The third kappa shape index (κ3) is 3.87. The Balaban J connectivity index is 2.07. The van der Waals surface area contributed by atoms with Gasteiger partial charge in [-0.1, -0.05) is 12.1 Å². The Labute approximate surface area is 128 Å². The molecule has 1 amide bonds. The number of hydrogen-bond acceptors (Lipinski definition) is 4. The van der Waals surface area contributed by atoms with Gasteiger partial charge in [0.15, 0.2) is 5.76 Å². The van der Waals surface area contributed by atoms with E-state index < -0.39 is 28.5 Å². The second-order valence-electron chi connectivity index (χ2n) is 4.75. The molecule has 0 N–H and O–H groups in total. The Morgan fingerprint density at radius 1 is 1.22 bits per heavy atom. The number of carbonyl (C=O) groups is 1. The molecule has 0 fully saturated rings. The van der Waals surface area contributed by atoms with E-state index in [-0.39, 0.29) is 12.3 Å². The summed E-state index contributed by atoms with van der Waals surface area (Å²) in [5, 5.41) is 10.5. The molecule has 1 aromatic heterocycles. The fourth-order valence-electron chi connectivity index (χ4n) is 1.87. The molecule has 0 saturated heterocycles. The van der Waals surface area contributed by atoms with E-state index in [9.17, 15) is 28.1 Å². The average Bonchev–Trinajstić information content (AvgIpc) is 2.96. The minimum Gasteiger partial charge on any atom is -0.395 e. The highest BCUT2D eigenvalue weighted by molar-refractivity contribution is 5.91. The molecule has 1 heterocycles. The number of furan rings is 1. The lowest BCUT2D eigenvalue weighted by Crippen LogP contribution is -2.25. The summed E-state index contributed by atoms with van der Waals surface area (Å²) in [5.74, 6) is -1.39. The fourth-order valence-corrected chi connectivity index (χ4v) is 1.87. The van der Waals surface area contributed by atoms with E-state index in [2.05, 4.69) is 0 Å². The molecule has 0 atom stereocenters. The van der Waals surface area contributed by atoms with E-state index in [1.807, 2.05) is 0 Å². The number of nitrogens with zero attached hydrogens (tertiary/aromatic N) is 2. The standard InChI is InChI=1S/C14H11F3N2O4/c1-18(13(20)11-6-7-12(23-11)19(21)22)8-9-2-4-10(5-3-9)14(15,16)17/h2-7H,8H2,1H3. The smallest absolute Gasteiger partial charge is 0.395 e. The number of nitro groups is 1. The zero-order chi connectivity index (χ0) is 17.2. The first-order chi connectivity index (χ1) is 10.7. The maximum atomic E-state index is 12.5. The Hall–Kier alpha value is -2.84. The van der Waals surface area contributed by atoms with Crippen molar-refractivity contribution in [1.29, 1.82) is 0 Å². The van der Waals surface area contributed by atoms with Crippen LogP contribution in [0, 0.1) is 10.1 Å². The van der Waals surface area contributed by atoms with Gasteiger partial charge >= 0.3 is 12.1 Å². The first-order valence-electron chi connectivity index (χ1n) is 6.34. The quantitative estimate of drug-likeness (QED) is 0.636. The maximum absolute atomic E-state index is 12.5. The second kappa shape index (κ2) is 6.11. The SMILES string of the molecule is CN(Cc1ccc(C(F)(F)F)cc1)C(=O)c1ccc([N+](=O)[O-])o1. The van der Waals surface area contributed by atoms with Gasteiger partial charge in [-0.05, 0) is 23.8 Å². The second-order valence-corrected chi connectivity index (χ2v) is 4.75. The van der Waals surface area contributed by atoms with Gasteiger partial charge in [0.2, 0.25) is 0 Å². The molecule has 0 radical (unpaired) electrons. The van der Waals surface area contributed by atoms with Crippen molar-refractivity contribution in [2.75, 3.05) is 7.05 Å². The highest BCUT2D eigenvalue weighted by Gasteiger charge is 2.30. The van der Waals surface area contributed by atoms with Crippen molar-refractivity contribution in [3.63, 3.8) is 0 Å². The van der Waals surface area contributed by atoms with Gasteiger partial charge in [0, 0.05) is 13.6 Å². The average molecular weight is 328 g/mol. The number of alkyl halides is 3. The van der Waals surface area contributed by atoms with E-state index in [0.29, 0.717) is 5.56 Å². The molecule has 1 aromatic carbocycles. The van der Waals surface area contributed by atoms with Crippen LogP contribution < -0.4 is 0 Å². The molecule has 2 aromatic rings. The molecule has 122 valence electrons. The van der Waals surface area contributed by atoms with Gasteiger partial charge in [0.1, 0.15) is 4.92 Å². The van der Waals surface area contributed by atoms with Gasteiger partial charge in [-0.3, -0.25) is 14.9 Å². The van der Waals surface area contributed by atoms with E-state index in [1.54, 1.807) is 0 Å². The molecule has 0 unspecified atom stereocenters. The zero-order valence-corrected chi connectivity index (χ0v) is 11.8. The van der Waals surface area contributed by atoms with Crippen molar-refractivity contribution in [3.05, 3.63) is 63.4 Å². The van der Waals surface area contributed by atoms with E-state index in [0.717, 1.165) is 18.2 Å². The minimum atomic E-state index is -4.42. The van der Waals surface area contributed by atoms with Crippen molar-refractivity contribution in [2.45, 2.75) is 12.7 Å². The molecule has 2 rings (SSSR count). The summed E-state index contributed by atoms with van der Waals surface area (Å²) < 4.78 is 42.2. The molecule has 0 aliphatic heterocycles. The van der Waals surface area contributed by atoms with Crippen LogP contribution in [0.5, 0.6) is 0 Å². The molecule has 0 bridgehead atoms. The van der Waals surface area contributed by atoms with Crippen molar-refractivity contribution < 1.29 is 27.3 Å². The monoisotopic (exact) mass is 328 g/mol. The van der Waals surface area contributed by atoms with Gasteiger partial charge in [0.05, 0.1) is 11.6 Å². The number of halogens is 3. The lowest BCUT2D eigenvalue weighted by atomic mass is 10.1. The Kier molecular flexibility index (Phi) is 4.39. The molecular formula is C14H11F3N2O4. The van der Waals surface area contributed by atoms with Crippen LogP contribution in [-0.4, -0.2) is 22.8 Å². The maximum Gasteiger partial charge on any atom is 0.433 e. The first-order valence-corrected chi connectivity index (χ1v) is 6.34. The van der Waals surface area contributed by atoms with Gasteiger partial charge in [0.25, 0.3) is 5.91 Å². The van der Waals surface area contributed by atoms with Crippen LogP contribution in [-0.2, 0) is 12.7 Å². The predicted octanol–water partition coefficient (Wildman–Crippen LogP) is 3.48. The minimum absolute atomic E-state index is 0.0332. The van der Waals surface area contributed by atoms with Crippen LogP contribution in [0.1, 0.15) is 21.7 Å². The normalized spacial score (nSPS) is 11.3. The Bertz CT molecular complexity index is 722. The summed E-state index contributed by atoms with van der Waals surface area (Å²) in [6, 6.07) is 6.59. The summed E-state index contributed by atoms with van der Waals surface area (Å²) in [6.45, 7) is 0.0332. The van der Waals surface area contributed by atoms with Crippen molar-refractivity contribution in [3.8, 4) is 0 Å². The molecule has 0 spiro atoms. The Morgan fingerprint density at radius 3 is 2.30 bits per heavy atom.